The highest BCUT2D eigenvalue weighted by Gasteiger charge is 2.18. The molecule has 0 N–H and O–H groups in total. The van der Waals surface area contributed by atoms with E-state index in [0.29, 0.717) is 28.2 Å². The summed E-state index contributed by atoms with van der Waals surface area (Å²) in [5, 5.41) is 8.85. The number of aromatic nitrogens is 6. The van der Waals surface area contributed by atoms with Crippen LogP contribution in [0, 0.1) is 0 Å². The van der Waals surface area contributed by atoms with Crippen LogP contribution in [0.1, 0.15) is 12.8 Å². The SMILES string of the molecule is O=c1c2cnc3ccn(-n4cnnc4)c(=O)c3c2ccn1C[C@@H]1CCCO1. The number of ether oxygens (including phenoxy) is 1. The number of hydrogen-bond donors (Lipinski definition) is 0. The second-order valence-corrected chi connectivity index (χ2v) is 6.56. The molecule has 5 heterocycles. The fraction of sp³-hybridized carbons (Fsp3) is 0.278. The summed E-state index contributed by atoms with van der Waals surface area (Å²) in [6.07, 6.45) is 9.74. The molecule has 1 atom stereocenters. The molecule has 0 radical (unpaired) electrons. The van der Waals surface area contributed by atoms with E-state index in [1.54, 1.807) is 29.1 Å². The molecule has 4 aromatic heterocycles. The minimum absolute atomic E-state index is 0.0551. The van der Waals surface area contributed by atoms with E-state index >= 15 is 0 Å². The van der Waals surface area contributed by atoms with Gasteiger partial charge in [-0.2, -0.15) is 0 Å². The van der Waals surface area contributed by atoms with Crippen molar-refractivity contribution in [2.45, 2.75) is 25.5 Å². The first-order valence-corrected chi connectivity index (χ1v) is 8.73. The van der Waals surface area contributed by atoms with Crippen molar-refractivity contribution in [2.24, 2.45) is 0 Å². The van der Waals surface area contributed by atoms with Gasteiger partial charge in [-0.25, -0.2) is 9.35 Å². The highest BCUT2D eigenvalue weighted by molar-refractivity contribution is 6.04. The maximum Gasteiger partial charge on any atom is 0.279 e. The van der Waals surface area contributed by atoms with Crippen LogP contribution in [-0.2, 0) is 11.3 Å². The zero-order valence-corrected chi connectivity index (χ0v) is 14.4. The van der Waals surface area contributed by atoms with Crippen molar-refractivity contribution in [3.05, 3.63) is 64.1 Å². The molecule has 1 saturated heterocycles. The van der Waals surface area contributed by atoms with Crippen molar-refractivity contribution in [1.82, 2.24) is 29.1 Å². The quantitative estimate of drug-likeness (QED) is 0.499. The van der Waals surface area contributed by atoms with Gasteiger partial charge in [-0.05, 0) is 25.0 Å². The van der Waals surface area contributed by atoms with Gasteiger partial charge in [-0.3, -0.25) is 14.6 Å². The molecule has 1 aliphatic rings. The summed E-state index contributed by atoms with van der Waals surface area (Å²) >= 11 is 0. The molecule has 5 rings (SSSR count). The van der Waals surface area contributed by atoms with Gasteiger partial charge in [0, 0.05) is 30.6 Å². The van der Waals surface area contributed by atoms with Crippen LogP contribution in [-0.4, -0.2) is 41.8 Å². The lowest BCUT2D eigenvalue weighted by Gasteiger charge is -2.13. The summed E-state index contributed by atoms with van der Waals surface area (Å²) in [7, 11) is 0. The minimum Gasteiger partial charge on any atom is -0.376 e. The molecular formula is C18H16N6O3. The van der Waals surface area contributed by atoms with E-state index in [1.807, 2.05) is 0 Å². The summed E-state index contributed by atoms with van der Waals surface area (Å²) in [4.78, 5) is 30.3. The van der Waals surface area contributed by atoms with E-state index in [-0.39, 0.29) is 17.2 Å². The van der Waals surface area contributed by atoms with Gasteiger partial charge >= 0.3 is 0 Å². The third kappa shape index (κ3) is 2.55. The predicted octanol–water partition coefficient (Wildman–Crippen LogP) is 0.793. The molecule has 4 aromatic rings. The lowest BCUT2D eigenvalue weighted by atomic mass is 10.1. The number of hydrogen-bond acceptors (Lipinski definition) is 6. The third-order valence-corrected chi connectivity index (χ3v) is 4.94. The third-order valence-electron chi connectivity index (χ3n) is 4.94. The summed E-state index contributed by atoms with van der Waals surface area (Å²) in [5.74, 6) is 0. The average molecular weight is 364 g/mol. The van der Waals surface area contributed by atoms with Crippen molar-refractivity contribution in [1.29, 1.82) is 0 Å². The van der Waals surface area contributed by atoms with Crippen LogP contribution >= 0.6 is 0 Å². The standard InChI is InChI=1S/C18H16N6O3/c25-17-14-8-19-15-4-6-24(23-10-20-21-11-23)18(26)16(15)13(14)3-5-22(17)9-12-2-1-7-27-12/h3-6,8,10-12H,1-2,7,9H2/t12-/m0/s1. The molecule has 9 nitrogen and oxygen atoms in total. The van der Waals surface area contributed by atoms with E-state index in [0.717, 1.165) is 19.4 Å². The van der Waals surface area contributed by atoms with Crippen LogP contribution < -0.4 is 11.1 Å². The van der Waals surface area contributed by atoms with Crippen molar-refractivity contribution in [3.63, 3.8) is 0 Å². The molecule has 0 spiro atoms. The normalized spacial score (nSPS) is 17.1. The zero-order chi connectivity index (χ0) is 18.4. The summed E-state index contributed by atoms with van der Waals surface area (Å²) in [5.41, 5.74) is 0.0753. The first kappa shape index (κ1) is 15.9. The van der Waals surface area contributed by atoms with E-state index < -0.39 is 0 Å². The molecule has 0 bridgehead atoms. The first-order valence-electron chi connectivity index (χ1n) is 8.73. The largest absolute Gasteiger partial charge is 0.376 e. The summed E-state index contributed by atoms with van der Waals surface area (Å²) in [6.45, 7) is 1.24. The number of nitrogens with zero attached hydrogens (tertiary/aromatic N) is 6. The molecule has 136 valence electrons. The molecule has 9 heteroatoms. The van der Waals surface area contributed by atoms with Gasteiger partial charge in [0.05, 0.1) is 28.9 Å². The Morgan fingerprint density at radius 3 is 2.70 bits per heavy atom. The number of pyridine rings is 3. The van der Waals surface area contributed by atoms with Gasteiger partial charge in [0.15, 0.2) is 0 Å². The van der Waals surface area contributed by atoms with E-state index in [9.17, 15) is 9.59 Å². The fourth-order valence-electron chi connectivity index (χ4n) is 3.59. The van der Waals surface area contributed by atoms with Crippen molar-refractivity contribution in [2.75, 3.05) is 6.61 Å². The first-order chi connectivity index (χ1) is 13.2. The fourth-order valence-corrected chi connectivity index (χ4v) is 3.59. The van der Waals surface area contributed by atoms with Crippen LogP contribution in [0.25, 0.3) is 21.7 Å². The molecule has 0 aromatic carbocycles. The van der Waals surface area contributed by atoms with E-state index in [2.05, 4.69) is 15.2 Å². The maximum atomic E-state index is 13.0. The molecule has 0 saturated carbocycles. The molecule has 0 unspecified atom stereocenters. The minimum atomic E-state index is -0.290. The average Bonchev–Trinajstić information content (AvgIpc) is 3.38. The van der Waals surface area contributed by atoms with Crippen molar-refractivity contribution >= 4 is 21.7 Å². The highest BCUT2D eigenvalue weighted by atomic mass is 16.5. The molecule has 0 aliphatic carbocycles. The van der Waals surface area contributed by atoms with Gasteiger partial charge in [0.25, 0.3) is 11.1 Å². The van der Waals surface area contributed by atoms with Gasteiger partial charge < -0.3 is 9.30 Å². The molecule has 1 aliphatic heterocycles. The zero-order valence-electron chi connectivity index (χ0n) is 14.4. The highest BCUT2D eigenvalue weighted by Crippen LogP contribution is 2.19. The Kier molecular flexibility index (Phi) is 3.61. The molecule has 27 heavy (non-hydrogen) atoms. The Morgan fingerprint density at radius 2 is 1.93 bits per heavy atom. The number of rotatable bonds is 3. The predicted molar refractivity (Wildman–Crippen MR) is 97.6 cm³/mol. The Hall–Kier alpha value is -3.33. The second kappa shape index (κ2) is 6.13. The van der Waals surface area contributed by atoms with E-state index in [1.165, 1.54) is 28.2 Å². The maximum absolute atomic E-state index is 13.0. The second-order valence-electron chi connectivity index (χ2n) is 6.56. The van der Waals surface area contributed by atoms with Gasteiger partial charge in [-0.1, -0.05) is 0 Å². The Bertz CT molecular complexity index is 1250. The Balaban J connectivity index is 1.72. The van der Waals surface area contributed by atoms with Crippen LogP contribution in [0.3, 0.4) is 0 Å². The lowest BCUT2D eigenvalue weighted by Crippen LogP contribution is -2.27. The summed E-state index contributed by atoms with van der Waals surface area (Å²) in [6, 6.07) is 3.53. The van der Waals surface area contributed by atoms with E-state index in [4.69, 9.17) is 4.74 Å². The summed E-state index contributed by atoms with van der Waals surface area (Å²) < 4.78 is 10.1. The Morgan fingerprint density at radius 1 is 1.07 bits per heavy atom. The van der Waals surface area contributed by atoms with Gasteiger partial charge in [0.2, 0.25) is 0 Å². The van der Waals surface area contributed by atoms with Crippen LogP contribution in [0.4, 0.5) is 0 Å². The van der Waals surface area contributed by atoms with Gasteiger partial charge in [0.1, 0.15) is 12.7 Å². The lowest BCUT2D eigenvalue weighted by molar-refractivity contribution is 0.0963. The molecule has 1 fully saturated rings. The van der Waals surface area contributed by atoms with Crippen LogP contribution in [0.15, 0.2) is 53.0 Å². The van der Waals surface area contributed by atoms with Crippen molar-refractivity contribution < 1.29 is 4.74 Å². The number of fused-ring (bicyclic) bond motifs is 3. The van der Waals surface area contributed by atoms with Crippen molar-refractivity contribution in [3.8, 4) is 0 Å². The van der Waals surface area contributed by atoms with Crippen LogP contribution in [0.2, 0.25) is 0 Å². The van der Waals surface area contributed by atoms with Gasteiger partial charge in [-0.15, -0.1) is 10.2 Å². The Labute approximate surface area is 152 Å². The topological polar surface area (TPSA) is 96.8 Å². The molecule has 0 amide bonds. The van der Waals surface area contributed by atoms with Crippen LogP contribution in [0.5, 0.6) is 0 Å². The monoisotopic (exact) mass is 364 g/mol. The molecular weight excluding hydrogens is 348 g/mol. The smallest absolute Gasteiger partial charge is 0.279 e.